The van der Waals surface area contributed by atoms with Crippen LogP contribution in [0, 0.1) is 12.7 Å². The zero-order valence-corrected chi connectivity index (χ0v) is 12.9. The average molecular weight is 330 g/mol. The Kier molecular flexibility index (Phi) is 4.39. The van der Waals surface area contributed by atoms with E-state index in [1.807, 2.05) is 0 Å². The summed E-state index contributed by atoms with van der Waals surface area (Å²) in [5.41, 5.74) is 1.05. The summed E-state index contributed by atoms with van der Waals surface area (Å²) >= 11 is 5.85. The molecule has 0 fully saturated rings. The van der Waals surface area contributed by atoms with Gasteiger partial charge in [0.15, 0.2) is 11.6 Å². The zero-order valence-electron chi connectivity index (χ0n) is 11.4. The van der Waals surface area contributed by atoms with Crippen molar-refractivity contribution in [1.29, 1.82) is 0 Å². The first-order valence-electron chi connectivity index (χ1n) is 5.96. The lowest BCUT2D eigenvalue weighted by molar-refractivity contribution is 0.385. The molecule has 2 rings (SSSR count). The number of hydrogen-bond acceptors (Lipinski definition) is 3. The summed E-state index contributed by atoms with van der Waals surface area (Å²) < 4.78 is 45.3. The van der Waals surface area contributed by atoms with Crippen molar-refractivity contribution >= 4 is 27.3 Å². The number of rotatable bonds is 4. The minimum Gasteiger partial charge on any atom is -0.494 e. The van der Waals surface area contributed by atoms with Crippen molar-refractivity contribution < 1.29 is 17.5 Å². The normalized spacial score (nSPS) is 11.2. The van der Waals surface area contributed by atoms with Gasteiger partial charge in [-0.15, -0.1) is 0 Å². The van der Waals surface area contributed by atoms with Gasteiger partial charge < -0.3 is 4.74 Å². The van der Waals surface area contributed by atoms with E-state index in [4.69, 9.17) is 16.3 Å². The van der Waals surface area contributed by atoms with E-state index in [1.165, 1.54) is 25.3 Å². The average Bonchev–Trinajstić information content (AvgIpc) is 2.42. The second-order valence-corrected chi connectivity index (χ2v) is 6.48. The SMILES string of the molecule is COc1ccc(S(=O)(=O)Nc2cc(Cl)ccc2C)cc1F. The highest BCUT2D eigenvalue weighted by Crippen LogP contribution is 2.25. The van der Waals surface area contributed by atoms with Crippen molar-refractivity contribution in [3.63, 3.8) is 0 Å². The number of hydrogen-bond donors (Lipinski definition) is 1. The zero-order chi connectivity index (χ0) is 15.6. The number of methoxy groups -OCH3 is 1. The van der Waals surface area contributed by atoms with Crippen LogP contribution >= 0.6 is 11.6 Å². The smallest absolute Gasteiger partial charge is 0.262 e. The highest BCUT2D eigenvalue weighted by atomic mass is 35.5. The molecule has 21 heavy (non-hydrogen) atoms. The third-order valence-corrected chi connectivity index (χ3v) is 4.48. The Bertz CT molecular complexity index is 778. The first kappa shape index (κ1) is 15.6. The first-order chi connectivity index (χ1) is 9.83. The van der Waals surface area contributed by atoms with Gasteiger partial charge >= 0.3 is 0 Å². The molecule has 4 nitrogen and oxygen atoms in total. The fourth-order valence-electron chi connectivity index (χ4n) is 1.72. The summed E-state index contributed by atoms with van der Waals surface area (Å²) in [5, 5.41) is 0.402. The molecule has 0 atom stereocenters. The Morgan fingerprint density at radius 3 is 2.52 bits per heavy atom. The van der Waals surface area contributed by atoms with Crippen LogP contribution in [0.25, 0.3) is 0 Å². The summed E-state index contributed by atoms with van der Waals surface area (Å²) in [6, 6.07) is 8.27. The summed E-state index contributed by atoms with van der Waals surface area (Å²) in [6.07, 6.45) is 0. The second-order valence-electron chi connectivity index (χ2n) is 4.36. The number of benzene rings is 2. The van der Waals surface area contributed by atoms with Crippen LogP contribution in [0.1, 0.15) is 5.56 Å². The van der Waals surface area contributed by atoms with E-state index >= 15 is 0 Å². The topological polar surface area (TPSA) is 55.4 Å². The minimum atomic E-state index is -3.90. The maximum absolute atomic E-state index is 13.6. The Morgan fingerprint density at radius 2 is 1.90 bits per heavy atom. The summed E-state index contributed by atoms with van der Waals surface area (Å²) in [4.78, 5) is -0.194. The van der Waals surface area contributed by atoms with Gasteiger partial charge in [-0.05, 0) is 42.8 Å². The molecule has 0 spiro atoms. The third-order valence-electron chi connectivity index (χ3n) is 2.88. The maximum Gasteiger partial charge on any atom is 0.262 e. The van der Waals surface area contributed by atoms with Gasteiger partial charge in [0.2, 0.25) is 0 Å². The monoisotopic (exact) mass is 329 g/mol. The molecule has 7 heteroatoms. The fraction of sp³-hybridized carbons (Fsp3) is 0.143. The van der Waals surface area contributed by atoms with Crippen LogP contribution < -0.4 is 9.46 Å². The number of nitrogens with one attached hydrogen (secondary N) is 1. The van der Waals surface area contributed by atoms with Gasteiger partial charge in [0.1, 0.15) is 0 Å². The molecule has 0 aliphatic rings. The van der Waals surface area contributed by atoms with Crippen molar-refractivity contribution in [3.05, 3.63) is 52.8 Å². The Morgan fingerprint density at radius 1 is 1.19 bits per heavy atom. The van der Waals surface area contributed by atoms with Crippen molar-refractivity contribution in [3.8, 4) is 5.75 Å². The lowest BCUT2D eigenvalue weighted by atomic mass is 10.2. The summed E-state index contributed by atoms with van der Waals surface area (Å²) in [7, 11) is -2.60. The van der Waals surface area contributed by atoms with Gasteiger partial charge in [0.05, 0.1) is 17.7 Å². The number of sulfonamides is 1. The molecule has 0 saturated heterocycles. The van der Waals surface area contributed by atoms with Crippen LogP contribution in [-0.2, 0) is 10.0 Å². The van der Waals surface area contributed by atoms with E-state index in [1.54, 1.807) is 19.1 Å². The van der Waals surface area contributed by atoms with Crippen molar-refractivity contribution in [1.82, 2.24) is 0 Å². The maximum atomic E-state index is 13.6. The molecule has 0 aliphatic heterocycles. The van der Waals surface area contributed by atoms with Gasteiger partial charge in [0.25, 0.3) is 10.0 Å². The molecule has 112 valence electrons. The molecule has 2 aromatic rings. The molecule has 0 heterocycles. The largest absolute Gasteiger partial charge is 0.494 e. The Balaban J connectivity index is 2.38. The Labute approximate surface area is 127 Å². The Hall–Kier alpha value is -1.79. The number of halogens is 2. The van der Waals surface area contributed by atoms with E-state index in [0.717, 1.165) is 6.07 Å². The van der Waals surface area contributed by atoms with E-state index in [-0.39, 0.29) is 10.6 Å². The number of anilines is 1. The summed E-state index contributed by atoms with van der Waals surface area (Å²) in [5.74, 6) is -0.768. The van der Waals surface area contributed by atoms with Gasteiger partial charge in [-0.1, -0.05) is 17.7 Å². The molecule has 0 aromatic heterocycles. The lowest BCUT2D eigenvalue weighted by Crippen LogP contribution is -2.14. The molecule has 2 aromatic carbocycles. The first-order valence-corrected chi connectivity index (χ1v) is 7.82. The molecule has 0 saturated carbocycles. The molecular formula is C14H13ClFNO3S. The van der Waals surface area contributed by atoms with Crippen LogP contribution in [0.2, 0.25) is 5.02 Å². The van der Waals surface area contributed by atoms with Crippen LogP contribution in [0.4, 0.5) is 10.1 Å². The van der Waals surface area contributed by atoms with E-state index in [9.17, 15) is 12.8 Å². The van der Waals surface area contributed by atoms with E-state index in [0.29, 0.717) is 16.3 Å². The number of ether oxygens (including phenoxy) is 1. The van der Waals surface area contributed by atoms with Gasteiger partial charge in [-0.3, -0.25) is 4.72 Å². The van der Waals surface area contributed by atoms with Gasteiger partial charge in [-0.25, -0.2) is 12.8 Å². The van der Waals surface area contributed by atoms with Gasteiger partial charge in [0, 0.05) is 5.02 Å². The third kappa shape index (κ3) is 3.46. The summed E-state index contributed by atoms with van der Waals surface area (Å²) in [6.45, 7) is 1.74. The highest BCUT2D eigenvalue weighted by Gasteiger charge is 2.17. The molecular weight excluding hydrogens is 317 g/mol. The molecule has 0 aliphatic carbocycles. The second kappa shape index (κ2) is 5.91. The van der Waals surface area contributed by atoms with Crippen LogP contribution in [0.15, 0.2) is 41.3 Å². The van der Waals surface area contributed by atoms with Crippen LogP contribution in [-0.4, -0.2) is 15.5 Å². The van der Waals surface area contributed by atoms with Crippen LogP contribution in [0.5, 0.6) is 5.75 Å². The standard InChI is InChI=1S/C14H13ClFNO3S/c1-9-3-4-10(15)7-13(9)17-21(18,19)11-5-6-14(20-2)12(16)8-11/h3-8,17H,1-2H3. The lowest BCUT2D eigenvalue weighted by Gasteiger charge is -2.11. The van der Waals surface area contributed by atoms with Crippen molar-refractivity contribution in [2.24, 2.45) is 0 Å². The molecule has 0 amide bonds. The molecule has 0 bridgehead atoms. The van der Waals surface area contributed by atoms with E-state index < -0.39 is 15.8 Å². The predicted octanol–water partition coefficient (Wildman–Crippen LogP) is 3.60. The van der Waals surface area contributed by atoms with Crippen molar-refractivity contribution in [2.75, 3.05) is 11.8 Å². The molecule has 1 N–H and O–H groups in total. The number of aryl methyl sites for hydroxylation is 1. The molecule has 0 radical (unpaired) electrons. The van der Waals surface area contributed by atoms with Crippen molar-refractivity contribution in [2.45, 2.75) is 11.8 Å². The minimum absolute atomic E-state index is 0.0205. The predicted molar refractivity (Wildman–Crippen MR) is 79.9 cm³/mol. The quantitative estimate of drug-likeness (QED) is 0.932. The fourth-order valence-corrected chi connectivity index (χ4v) is 3.03. The highest BCUT2D eigenvalue weighted by molar-refractivity contribution is 7.92. The van der Waals surface area contributed by atoms with Crippen LogP contribution in [0.3, 0.4) is 0 Å². The molecule has 0 unspecified atom stereocenters. The van der Waals surface area contributed by atoms with E-state index in [2.05, 4.69) is 4.72 Å². The van der Waals surface area contributed by atoms with Gasteiger partial charge in [-0.2, -0.15) is 0 Å².